The van der Waals surface area contributed by atoms with Crippen LogP contribution in [0.3, 0.4) is 0 Å². The van der Waals surface area contributed by atoms with Crippen molar-refractivity contribution >= 4 is 21.9 Å². The lowest BCUT2D eigenvalue weighted by atomic mass is 9.91. The summed E-state index contributed by atoms with van der Waals surface area (Å²) < 4.78 is 0.924. The Bertz CT molecular complexity index is 598. The van der Waals surface area contributed by atoms with Crippen LogP contribution in [-0.4, -0.2) is 16.2 Å². The fraction of sp³-hybridized carbons (Fsp3) is 0.235. The van der Waals surface area contributed by atoms with Crippen LogP contribution in [0.4, 0.5) is 0 Å². The molecule has 2 aromatic carbocycles. The molecule has 110 valence electrons. The van der Waals surface area contributed by atoms with Gasteiger partial charge in [0.15, 0.2) is 0 Å². The molecule has 0 radical (unpaired) electrons. The van der Waals surface area contributed by atoms with Gasteiger partial charge >= 0.3 is 5.97 Å². The van der Waals surface area contributed by atoms with Crippen molar-refractivity contribution in [3.8, 4) is 0 Å². The normalized spacial score (nSPS) is 13.6. The van der Waals surface area contributed by atoms with E-state index in [9.17, 15) is 15.0 Å². The highest BCUT2D eigenvalue weighted by Crippen LogP contribution is 2.25. The van der Waals surface area contributed by atoms with Gasteiger partial charge in [0.1, 0.15) is 0 Å². The fourth-order valence-corrected chi connectivity index (χ4v) is 2.75. The molecule has 2 rings (SSSR count). The molecule has 0 aromatic heterocycles. The van der Waals surface area contributed by atoms with E-state index in [2.05, 4.69) is 15.9 Å². The third-order valence-corrected chi connectivity index (χ3v) is 3.91. The van der Waals surface area contributed by atoms with E-state index in [0.29, 0.717) is 6.42 Å². The number of aliphatic carboxylic acids is 1. The van der Waals surface area contributed by atoms with Gasteiger partial charge < -0.3 is 10.2 Å². The van der Waals surface area contributed by atoms with Crippen LogP contribution in [-0.2, 0) is 11.2 Å². The number of aliphatic hydroxyl groups excluding tert-OH is 1. The predicted molar refractivity (Wildman–Crippen MR) is 85.0 cm³/mol. The minimum absolute atomic E-state index is 0.200. The van der Waals surface area contributed by atoms with E-state index in [1.807, 2.05) is 54.6 Å². The van der Waals surface area contributed by atoms with E-state index in [4.69, 9.17) is 0 Å². The van der Waals surface area contributed by atoms with Crippen molar-refractivity contribution in [3.63, 3.8) is 0 Å². The molecule has 0 fully saturated rings. The average Bonchev–Trinajstić information content (AvgIpc) is 2.47. The Hall–Kier alpha value is -1.65. The van der Waals surface area contributed by atoms with Crippen molar-refractivity contribution in [1.82, 2.24) is 0 Å². The van der Waals surface area contributed by atoms with Gasteiger partial charge in [0.05, 0.1) is 12.0 Å². The summed E-state index contributed by atoms with van der Waals surface area (Å²) in [5, 5.41) is 19.6. The van der Waals surface area contributed by atoms with E-state index in [-0.39, 0.29) is 6.42 Å². The molecule has 2 aromatic rings. The first-order chi connectivity index (χ1) is 10.1. The van der Waals surface area contributed by atoms with Crippen molar-refractivity contribution in [3.05, 3.63) is 70.2 Å². The first-order valence-corrected chi connectivity index (χ1v) is 7.56. The predicted octanol–water partition coefficient (Wildman–Crippen LogP) is 3.82. The van der Waals surface area contributed by atoms with Crippen LogP contribution < -0.4 is 0 Å². The molecule has 0 saturated carbocycles. The van der Waals surface area contributed by atoms with E-state index in [1.165, 1.54) is 0 Å². The Balaban J connectivity index is 2.07. The largest absolute Gasteiger partial charge is 0.481 e. The molecule has 0 bridgehead atoms. The maximum Gasteiger partial charge on any atom is 0.306 e. The summed E-state index contributed by atoms with van der Waals surface area (Å²) in [5.41, 5.74) is 1.69. The van der Waals surface area contributed by atoms with Gasteiger partial charge in [0.25, 0.3) is 0 Å². The molecule has 3 nitrogen and oxygen atoms in total. The van der Waals surface area contributed by atoms with E-state index < -0.39 is 18.0 Å². The Labute approximate surface area is 132 Å². The summed E-state index contributed by atoms with van der Waals surface area (Å²) in [4.78, 5) is 11.4. The molecule has 2 unspecified atom stereocenters. The SMILES string of the molecule is O=C(O)C(Cc1cccc(Br)c1)CC(O)c1ccccc1. The first-order valence-electron chi connectivity index (χ1n) is 6.76. The van der Waals surface area contributed by atoms with Gasteiger partial charge in [-0.05, 0) is 36.1 Å². The summed E-state index contributed by atoms with van der Waals surface area (Å²) in [5.74, 6) is -1.50. The lowest BCUT2D eigenvalue weighted by Crippen LogP contribution is -2.19. The van der Waals surface area contributed by atoms with Crippen LogP contribution in [0.2, 0.25) is 0 Å². The van der Waals surface area contributed by atoms with Gasteiger partial charge in [-0.15, -0.1) is 0 Å². The standard InChI is InChI=1S/C17H17BrO3/c18-15-8-4-5-12(10-15)9-14(17(20)21)11-16(19)13-6-2-1-3-7-13/h1-8,10,14,16,19H,9,11H2,(H,20,21). The first kappa shape index (κ1) is 15.7. The third-order valence-electron chi connectivity index (χ3n) is 3.41. The van der Waals surface area contributed by atoms with Crippen LogP contribution in [0.15, 0.2) is 59.1 Å². The molecular weight excluding hydrogens is 332 g/mol. The Morgan fingerprint density at radius 3 is 2.43 bits per heavy atom. The molecule has 0 spiro atoms. The van der Waals surface area contributed by atoms with Crippen LogP contribution in [0.1, 0.15) is 23.7 Å². The number of aliphatic hydroxyl groups is 1. The topological polar surface area (TPSA) is 57.5 Å². The zero-order valence-electron chi connectivity index (χ0n) is 11.4. The number of rotatable bonds is 6. The average molecular weight is 349 g/mol. The molecule has 0 aliphatic rings. The van der Waals surface area contributed by atoms with Crippen molar-refractivity contribution in [1.29, 1.82) is 0 Å². The van der Waals surface area contributed by atoms with Gasteiger partial charge in [0, 0.05) is 4.47 Å². The van der Waals surface area contributed by atoms with Gasteiger partial charge in [-0.3, -0.25) is 4.79 Å². The number of carboxylic acids is 1. The van der Waals surface area contributed by atoms with Crippen molar-refractivity contribution in [2.24, 2.45) is 5.92 Å². The van der Waals surface area contributed by atoms with Crippen LogP contribution in [0.5, 0.6) is 0 Å². The highest BCUT2D eigenvalue weighted by atomic mass is 79.9. The molecule has 21 heavy (non-hydrogen) atoms. The monoisotopic (exact) mass is 348 g/mol. The molecule has 4 heteroatoms. The number of carboxylic acid groups (broad SMARTS) is 1. The molecule has 0 amide bonds. The second-order valence-electron chi connectivity index (χ2n) is 5.03. The second kappa shape index (κ2) is 7.38. The maximum absolute atomic E-state index is 11.4. The molecule has 0 aliphatic carbocycles. The van der Waals surface area contributed by atoms with Gasteiger partial charge in [-0.1, -0.05) is 58.4 Å². The highest BCUT2D eigenvalue weighted by molar-refractivity contribution is 9.10. The number of carbonyl (C=O) groups is 1. The molecule has 2 atom stereocenters. The minimum Gasteiger partial charge on any atom is -0.481 e. The number of hydrogen-bond acceptors (Lipinski definition) is 2. The van der Waals surface area contributed by atoms with Gasteiger partial charge in [-0.25, -0.2) is 0 Å². The Morgan fingerprint density at radius 1 is 1.10 bits per heavy atom. The zero-order valence-corrected chi connectivity index (χ0v) is 13.0. The lowest BCUT2D eigenvalue weighted by molar-refractivity contribution is -0.142. The summed E-state index contributed by atoms with van der Waals surface area (Å²) in [7, 11) is 0. The molecule has 0 aliphatic heterocycles. The lowest BCUT2D eigenvalue weighted by Gasteiger charge is -2.17. The smallest absolute Gasteiger partial charge is 0.306 e. The quantitative estimate of drug-likeness (QED) is 0.834. The van der Waals surface area contributed by atoms with Crippen LogP contribution in [0, 0.1) is 5.92 Å². The van der Waals surface area contributed by atoms with E-state index >= 15 is 0 Å². The van der Waals surface area contributed by atoms with Crippen LogP contribution in [0.25, 0.3) is 0 Å². The third kappa shape index (κ3) is 4.69. The molecule has 0 heterocycles. The summed E-state index contributed by atoms with van der Waals surface area (Å²) >= 11 is 3.38. The zero-order chi connectivity index (χ0) is 15.2. The van der Waals surface area contributed by atoms with Crippen LogP contribution >= 0.6 is 15.9 Å². The second-order valence-corrected chi connectivity index (χ2v) is 5.95. The Morgan fingerprint density at radius 2 is 1.81 bits per heavy atom. The molecule has 2 N–H and O–H groups in total. The maximum atomic E-state index is 11.4. The van der Waals surface area contributed by atoms with Crippen molar-refractivity contribution < 1.29 is 15.0 Å². The summed E-state index contributed by atoms with van der Waals surface area (Å²) in [6.07, 6.45) is -0.163. The summed E-state index contributed by atoms with van der Waals surface area (Å²) in [6, 6.07) is 16.7. The van der Waals surface area contributed by atoms with Crippen molar-refractivity contribution in [2.45, 2.75) is 18.9 Å². The summed E-state index contributed by atoms with van der Waals surface area (Å²) in [6.45, 7) is 0. The van der Waals surface area contributed by atoms with Crippen molar-refractivity contribution in [2.75, 3.05) is 0 Å². The number of benzene rings is 2. The number of halogens is 1. The molecular formula is C17H17BrO3. The fourth-order valence-electron chi connectivity index (χ4n) is 2.30. The van der Waals surface area contributed by atoms with Gasteiger partial charge in [0.2, 0.25) is 0 Å². The van der Waals surface area contributed by atoms with Gasteiger partial charge in [-0.2, -0.15) is 0 Å². The number of hydrogen-bond donors (Lipinski definition) is 2. The molecule has 0 saturated heterocycles. The van der Waals surface area contributed by atoms with E-state index in [1.54, 1.807) is 0 Å². The Kier molecular flexibility index (Phi) is 5.53. The minimum atomic E-state index is -0.884. The van der Waals surface area contributed by atoms with E-state index in [0.717, 1.165) is 15.6 Å². The highest BCUT2D eigenvalue weighted by Gasteiger charge is 2.22.